The average molecular weight is 300 g/mol. The predicted molar refractivity (Wildman–Crippen MR) is 77.9 cm³/mol. The van der Waals surface area contributed by atoms with E-state index in [9.17, 15) is 8.42 Å². The van der Waals surface area contributed by atoms with Gasteiger partial charge in [-0.3, -0.25) is 4.68 Å². The standard InChI is InChI=1S/C13H24N4O2S/c1-14-7-4-8-17-11-13(9-15-17)20(18,19)16(2)10-12-5-3-6-12/h9,11-12,14H,3-8,10H2,1-2H3. The van der Waals surface area contributed by atoms with E-state index in [2.05, 4.69) is 10.4 Å². The zero-order valence-corrected chi connectivity index (χ0v) is 13.1. The van der Waals surface area contributed by atoms with E-state index in [1.54, 1.807) is 17.9 Å². The fourth-order valence-corrected chi connectivity index (χ4v) is 3.54. The second kappa shape index (κ2) is 6.69. The highest BCUT2D eigenvalue weighted by Crippen LogP contribution is 2.28. The van der Waals surface area contributed by atoms with E-state index in [4.69, 9.17) is 0 Å². The van der Waals surface area contributed by atoms with Crippen molar-refractivity contribution in [2.75, 3.05) is 27.2 Å². The van der Waals surface area contributed by atoms with Gasteiger partial charge in [-0.2, -0.15) is 5.10 Å². The topological polar surface area (TPSA) is 67.2 Å². The molecule has 0 amide bonds. The van der Waals surface area contributed by atoms with Gasteiger partial charge in [0.15, 0.2) is 0 Å². The van der Waals surface area contributed by atoms with Crippen LogP contribution in [0.25, 0.3) is 0 Å². The molecule has 1 fully saturated rings. The van der Waals surface area contributed by atoms with E-state index in [1.807, 2.05) is 7.05 Å². The molecule has 0 atom stereocenters. The maximum absolute atomic E-state index is 12.4. The first-order valence-electron chi connectivity index (χ1n) is 7.17. The summed E-state index contributed by atoms with van der Waals surface area (Å²) in [6.07, 6.45) is 7.51. The zero-order chi connectivity index (χ0) is 14.6. The Balaban J connectivity index is 1.97. The SMILES string of the molecule is CNCCCn1cc(S(=O)(=O)N(C)CC2CCC2)cn1. The van der Waals surface area contributed by atoms with Crippen molar-refractivity contribution in [2.24, 2.45) is 5.92 Å². The molecule has 1 N–H and O–H groups in total. The zero-order valence-electron chi connectivity index (χ0n) is 12.2. The largest absolute Gasteiger partial charge is 0.320 e. The first-order chi connectivity index (χ1) is 9.54. The second-order valence-corrected chi connectivity index (χ2v) is 7.52. The van der Waals surface area contributed by atoms with E-state index in [-0.39, 0.29) is 0 Å². The van der Waals surface area contributed by atoms with Gasteiger partial charge in [0.25, 0.3) is 0 Å². The molecule has 1 aromatic rings. The van der Waals surface area contributed by atoms with Crippen LogP contribution in [-0.4, -0.2) is 49.7 Å². The lowest BCUT2D eigenvalue weighted by molar-refractivity contribution is 0.263. The lowest BCUT2D eigenvalue weighted by atomic mass is 9.86. The molecule has 20 heavy (non-hydrogen) atoms. The molecule has 6 nitrogen and oxygen atoms in total. The maximum Gasteiger partial charge on any atom is 0.245 e. The third kappa shape index (κ3) is 3.59. The van der Waals surface area contributed by atoms with Gasteiger partial charge < -0.3 is 5.32 Å². The monoisotopic (exact) mass is 300 g/mol. The highest BCUT2D eigenvalue weighted by atomic mass is 32.2. The van der Waals surface area contributed by atoms with E-state index >= 15 is 0 Å². The number of rotatable bonds is 8. The molecule has 1 aliphatic carbocycles. The summed E-state index contributed by atoms with van der Waals surface area (Å²) in [7, 11) is 0.170. The number of sulfonamides is 1. The molecule has 2 rings (SSSR count). The van der Waals surface area contributed by atoms with Crippen molar-refractivity contribution >= 4 is 10.0 Å². The molecule has 1 aromatic heterocycles. The molecule has 1 heterocycles. The van der Waals surface area contributed by atoms with Crippen molar-refractivity contribution in [3.05, 3.63) is 12.4 Å². The van der Waals surface area contributed by atoms with Crippen molar-refractivity contribution < 1.29 is 8.42 Å². The third-order valence-corrected chi connectivity index (χ3v) is 5.65. The minimum atomic E-state index is -3.39. The fourth-order valence-electron chi connectivity index (χ4n) is 2.33. The van der Waals surface area contributed by atoms with Gasteiger partial charge in [0.05, 0.1) is 6.20 Å². The Morgan fingerprint density at radius 1 is 1.50 bits per heavy atom. The molecule has 114 valence electrons. The van der Waals surface area contributed by atoms with Crippen molar-refractivity contribution in [1.82, 2.24) is 19.4 Å². The normalized spacial score (nSPS) is 16.6. The molecule has 0 saturated heterocycles. The van der Waals surface area contributed by atoms with Gasteiger partial charge in [0.1, 0.15) is 4.90 Å². The van der Waals surface area contributed by atoms with Crippen LogP contribution in [0.2, 0.25) is 0 Å². The summed E-state index contributed by atoms with van der Waals surface area (Å²) in [6, 6.07) is 0. The quantitative estimate of drug-likeness (QED) is 0.725. The van der Waals surface area contributed by atoms with Crippen LogP contribution in [0.3, 0.4) is 0 Å². The molecule has 0 spiro atoms. The summed E-state index contributed by atoms with van der Waals surface area (Å²) < 4.78 is 28.0. The van der Waals surface area contributed by atoms with E-state index in [1.165, 1.54) is 16.9 Å². The van der Waals surface area contributed by atoms with Crippen LogP contribution in [0, 0.1) is 5.92 Å². The predicted octanol–water partition coefficient (Wildman–Crippen LogP) is 0.913. The first kappa shape index (κ1) is 15.5. The van der Waals surface area contributed by atoms with E-state index in [0.717, 1.165) is 32.4 Å². The van der Waals surface area contributed by atoms with E-state index < -0.39 is 10.0 Å². The van der Waals surface area contributed by atoms with Gasteiger partial charge in [-0.1, -0.05) is 6.42 Å². The van der Waals surface area contributed by atoms with Crippen LogP contribution in [0.4, 0.5) is 0 Å². The minimum Gasteiger partial charge on any atom is -0.320 e. The maximum atomic E-state index is 12.4. The lowest BCUT2D eigenvalue weighted by Gasteiger charge is -2.29. The highest BCUT2D eigenvalue weighted by Gasteiger charge is 2.27. The Kier molecular flexibility index (Phi) is 5.17. The minimum absolute atomic E-state index is 0.295. The van der Waals surface area contributed by atoms with Crippen LogP contribution in [0.15, 0.2) is 17.3 Å². The number of nitrogens with one attached hydrogen (secondary N) is 1. The fraction of sp³-hybridized carbons (Fsp3) is 0.769. The Hall–Kier alpha value is -0.920. The molecule has 1 aliphatic rings. The molecule has 0 aromatic carbocycles. The van der Waals surface area contributed by atoms with E-state index in [0.29, 0.717) is 17.4 Å². The Labute approximate surface area is 121 Å². The number of aromatic nitrogens is 2. The molecule has 7 heteroatoms. The summed E-state index contributed by atoms with van der Waals surface area (Å²) in [6.45, 7) is 2.24. The number of aryl methyl sites for hydroxylation is 1. The van der Waals surface area contributed by atoms with Crippen LogP contribution >= 0.6 is 0 Å². The molecule has 0 unspecified atom stereocenters. The molecular weight excluding hydrogens is 276 g/mol. The summed E-state index contributed by atoms with van der Waals surface area (Å²) in [5.41, 5.74) is 0. The molecule has 0 bridgehead atoms. The lowest BCUT2D eigenvalue weighted by Crippen LogP contribution is -2.34. The molecular formula is C13H24N4O2S. The van der Waals surface area contributed by atoms with Crippen molar-refractivity contribution in [3.63, 3.8) is 0 Å². The number of hydrogen-bond donors (Lipinski definition) is 1. The Morgan fingerprint density at radius 3 is 2.85 bits per heavy atom. The van der Waals surface area contributed by atoms with Crippen LogP contribution in [0.1, 0.15) is 25.7 Å². The number of nitrogens with zero attached hydrogens (tertiary/aromatic N) is 3. The van der Waals surface area contributed by atoms with Gasteiger partial charge in [0.2, 0.25) is 10.0 Å². The summed E-state index contributed by atoms with van der Waals surface area (Å²) in [4.78, 5) is 0.295. The average Bonchev–Trinajstić information content (AvgIpc) is 2.83. The first-order valence-corrected chi connectivity index (χ1v) is 8.61. The second-order valence-electron chi connectivity index (χ2n) is 5.48. The Bertz CT molecular complexity index is 522. The summed E-state index contributed by atoms with van der Waals surface area (Å²) in [5.74, 6) is 0.528. The van der Waals surface area contributed by atoms with Crippen molar-refractivity contribution in [2.45, 2.75) is 37.1 Å². The van der Waals surface area contributed by atoms with Gasteiger partial charge in [-0.15, -0.1) is 0 Å². The highest BCUT2D eigenvalue weighted by molar-refractivity contribution is 7.89. The van der Waals surface area contributed by atoms with Gasteiger partial charge in [-0.25, -0.2) is 12.7 Å². The van der Waals surface area contributed by atoms with Crippen LogP contribution in [0.5, 0.6) is 0 Å². The molecule has 0 radical (unpaired) electrons. The number of hydrogen-bond acceptors (Lipinski definition) is 4. The third-order valence-electron chi connectivity index (χ3n) is 3.87. The molecule has 0 aliphatic heterocycles. The van der Waals surface area contributed by atoms with Gasteiger partial charge >= 0.3 is 0 Å². The van der Waals surface area contributed by atoms with Crippen LogP contribution < -0.4 is 5.32 Å². The van der Waals surface area contributed by atoms with Gasteiger partial charge in [-0.05, 0) is 38.8 Å². The molecule has 1 saturated carbocycles. The Morgan fingerprint density at radius 2 is 2.25 bits per heavy atom. The summed E-state index contributed by atoms with van der Waals surface area (Å²) in [5, 5.41) is 7.19. The van der Waals surface area contributed by atoms with Crippen molar-refractivity contribution in [1.29, 1.82) is 0 Å². The van der Waals surface area contributed by atoms with Crippen LogP contribution in [-0.2, 0) is 16.6 Å². The van der Waals surface area contributed by atoms with Crippen molar-refractivity contribution in [3.8, 4) is 0 Å². The summed E-state index contributed by atoms with van der Waals surface area (Å²) >= 11 is 0. The van der Waals surface area contributed by atoms with Gasteiger partial charge in [0, 0.05) is 26.3 Å². The smallest absolute Gasteiger partial charge is 0.245 e.